The summed E-state index contributed by atoms with van der Waals surface area (Å²) in [6.07, 6.45) is 0.996. The molecular formula is C14H19BrFNO2S. The summed E-state index contributed by atoms with van der Waals surface area (Å²) in [5.74, 6) is -0.154. The van der Waals surface area contributed by atoms with Gasteiger partial charge in [-0.2, -0.15) is 4.31 Å². The fourth-order valence-electron chi connectivity index (χ4n) is 2.79. The van der Waals surface area contributed by atoms with Gasteiger partial charge in [0.15, 0.2) is 0 Å². The van der Waals surface area contributed by atoms with Crippen LogP contribution in [-0.2, 0) is 10.0 Å². The van der Waals surface area contributed by atoms with E-state index >= 15 is 0 Å². The van der Waals surface area contributed by atoms with Gasteiger partial charge in [-0.3, -0.25) is 0 Å². The van der Waals surface area contributed by atoms with Gasteiger partial charge in [0, 0.05) is 17.1 Å². The maximum atomic E-state index is 14.0. The summed E-state index contributed by atoms with van der Waals surface area (Å²) in [4.78, 5) is -0.242. The number of piperidine rings is 1. The molecule has 1 aliphatic heterocycles. The monoisotopic (exact) mass is 363 g/mol. The smallest absolute Gasteiger partial charge is 0.207 e. The molecule has 1 aliphatic rings. The third kappa shape index (κ3) is 2.92. The summed E-state index contributed by atoms with van der Waals surface area (Å²) < 4.78 is 41.3. The van der Waals surface area contributed by atoms with Gasteiger partial charge in [0.2, 0.25) is 10.0 Å². The van der Waals surface area contributed by atoms with Crippen molar-refractivity contribution in [3.63, 3.8) is 0 Å². The van der Waals surface area contributed by atoms with E-state index in [-0.39, 0.29) is 22.8 Å². The van der Waals surface area contributed by atoms with E-state index < -0.39 is 15.8 Å². The predicted molar refractivity (Wildman–Crippen MR) is 80.4 cm³/mol. The molecule has 0 saturated carbocycles. The molecule has 3 atom stereocenters. The summed E-state index contributed by atoms with van der Waals surface area (Å²) >= 11 is 3.14. The Morgan fingerprint density at radius 1 is 1.30 bits per heavy atom. The van der Waals surface area contributed by atoms with Crippen molar-refractivity contribution in [2.45, 2.75) is 38.1 Å². The van der Waals surface area contributed by atoms with Gasteiger partial charge >= 0.3 is 0 Å². The average Bonchev–Trinajstić information content (AvgIpc) is 2.33. The highest BCUT2D eigenvalue weighted by atomic mass is 79.9. The maximum Gasteiger partial charge on any atom is 0.246 e. The molecule has 20 heavy (non-hydrogen) atoms. The van der Waals surface area contributed by atoms with Crippen molar-refractivity contribution < 1.29 is 12.8 Å². The third-order valence-corrected chi connectivity index (χ3v) is 6.50. The van der Waals surface area contributed by atoms with Crippen molar-refractivity contribution >= 4 is 26.0 Å². The molecular weight excluding hydrogens is 345 g/mol. The standard InChI is InChI=1S/C14H19BrFNO2S/c1-9-6-10(2)11(3)17(8-9)20(18,19)14-5-4-12(15)7-13(14)16/h4-5,7,9-11H,6,8H2,1-3H3. The molecule has 1 aromatic carbocycles. The number of hydrogen-bond acceptors (Lipinski definition) is 2. The van der Waals surface area contributed by atoms with Crippen LogP contribution in [0.25, 0.3) is 0 Å². The first-order chi connectivity index (χ1) is 9.23. The Morgan fingerprint density at radius 3 is 2.55 bits per heavy atom. The van der Waals surface area contributed by atoms with Gasteiger partial charge in [0.05, 0.1) is 0 Å². The van der Waals surface area contributed by atoms with E-state index in [2.05, 4.69) is 15.9 Å². The molecule has 1 fully saturated rings. The summed E-state index contributed by atoms with van der Waals surface area (Å²) in [7, 11) is -3.79. The van der Waals surface area contributed by atoms with Crippen LogP contribution in [0.2, 0.25) is 0 Å². The minimum Gasteiger partial charge on any atom is -0.207 e. The van der Waals surface area contributed by atoms with Crippen LogP contribution in [0.4, 0.5) is 4.39 Å². The number of sulfonamides is 1. The Bertz CT molecular complexity index is 605. The van der Waals surface area contributed by atoms with E-state index in [1.807, 2.05) is 20.8 Å². The second-order valence-electron chi connectivity index (χ2n) is 5.71. The Hall–Kier alpha value is -0.460. The molecule has 3 nitrogen and oxygen atoms in total. The number of benzene rings is 1. The quantitative estimate of drug-likeness (QED) is 0.804. The lowest BCUT2D eigenvalue weighted by molar-refractivity contribution is 0.157. The molecule has 3 unspecified atom stereocenters. The largest absolute Gasteiger partial charge is 0.246 e. The summed E-state index contributed by atoms with van der Waals surface area (Å²) in [6.45, 7) is 6.41. The maximum absolute atomic E-state index is 14.0. The molecule has 1 saturated heterocycles. The topological polar surface area (TPSA) is 37.4 Å². The highest BCUT2D eigenvalue weighted by Crippen LogP contribution is 2.32. The zero-order valence-corrected chi connectivity index (χ0v) is 14.2. The van der Waals surface area contributed by atoms with Crippen molar-refractivity contribution in [2.24, 2.45) is 11.8 Å². The molecule has 2 rings (SSSR count). The average molecular weight is 364 g/mol. The van der Waals surface area contributed by atoms with E-state index in [9.17, 15) is 12.8 Å². The van der Waals surface area contributed by atoms with Crippen LogP contribution in [0.1, 0.15) is 27.2 Å². The molecule has 0 amide bonds. The van der Waals surface area contributed by atoms with Gasteiger partial charge in [-0.1, -0.05) is 29.8 Å². The number of halogens is 2. The lowest BCUT2D eigenvalue weighted by Gasteiger charge is -2.40. The fraction of sp³-hybridized carbons (Fsp3) is 0.571. The predicted octanol–water partition coefficient (Wildman–Crippen LogP) is 3.64. The van der Waals surface area contributed by atoms with E-state index in [0.29, 0.717) is 11.0 Å². The summed E-state index contributed by atoms with van der Waals surface area (Å²) in [5, 5.41) is 0. The number of hydrogen-bond donors (Lipinski definition) is 0. The summed E-state index contributed by atoms with van der Waals surface area (Å²) in [5.41, 5.74) is 0. The van der Waals surface area contributed by atoms with Crippen molar-refractivity contribution in [1.82, 2.24) is 4.31 Å². The van der Waals surface area contributed by atoms with Gasteiger partial charge in [-0.15, -0.1) is 0 Å². The van der Waals surface area contributed by atoms with E-state index in [1.165, 1.54) is 16.4 Å². The zero-order chi connectivity index (χ0) is 15.1. The molecule has 0 spiro atoms. The zero-order valence-electron chi connectivity index (χ0n) is 11.8. The Kier molecular flexibility index (Phi) is 4.56. The molecule has 0 N–H and O–H groups in total. The Balaban J connectivity index is 2.43. The van der Waals surface area contributed by atoms with Crippen LogP contribution < -0.4 is 0 Å². The molecule has 6 heteroatoms. The summed E-state index contributed by atoms with van der Waals surface area (Å²) in [6, 6.07) is 3.95. The molecule has 1 heterocycles. The van der Waals surface area contributed by atoms with Crippen LogP contribution in [0.5, 0.6) is 0 Å². The molecule has 0 bridgehead atoms. The van der Waals surface area contributed by atoms with Gasteiger partial charge in [-0.05, 0) is 43.4 Å². The second-order valence-corrected chi connectivity index (χ2v) is 8.48. The second kappa shape index (κ2) is 5.73. The van der Waals surface area contributed by atoms with E-state index in [4.69, 9.17) is 0 Å². The van der Waals surface area contributed by atoms with Crippen LogP contribution in [0.3, 0.4) is 0 Å². The van der Waals surface area contributed by atoms with Crippen LogP contribution in [0.15, 0.2) is 27.6 Å². The third-order valence-electron chi connectivity index (χ3n) is 4.02. The first kappa shape index (κ1) is 15.9. The van der Waals surface area contributed by atoms with Gasteiger partial charge in [-0.25, -0.2) is 12.8 Å². The van der Waals surface area contributed by atoms with Gasteiger partial charge in [0.1, 0.15) is 10.7 Å². The minimum atomic E-state index is -3.79. The lowest BCUT2D eigenvalue weighted by Crippen LogP contribution is -2.48. The first-order valence-electron chi connectivity index (χ1n) is 6.70. The first-order valence-corrected chi connectivity index (χ1v) is 8.93. The molecule has 0 aromatic heterocycles. The van der Waals surface area contributed by atoms with Crippen LogP contribution >= 0.6 is 15.9 Å². The van der Waals surface area contributed by atoms with Crippen LogP contribution in [0, 0.1) is 17.7 Å². The van der Waals surface area contributed by atoms with E-state index in [1.54, 1.807) is 6.07 Å². The minimum absolute atomic E-state index is 0.112. The number of nitrogens with zero attached hydrogens (tertiary/aromatic N) is 1. The molecule has 112 valence electrons. The van der Waals surface area contributed by atoms with Gasteiger partial charge in [0.25, 0.3) is 0 Å². The normalized spacial score (nSPS) is 28.6. The van der Waals surface area contributed by atoms with Crippen molar-refractivity contribution in [2.75, 3.05) is 6.54 Å². The van der Waals surface area contributed by atoms with Crippen molar-refractivity contribution in [1.29, 1.82) is 0 Å². The molecule has 0 aliphatic carbocycles. The lowest BCUT2D eigenvalue weighted by atomic mass is 9.88. The van der Waals surface area contributed by atoms with Crippen molar-refractivity contribution in [3.05, 3.63) is 28.5 Å². The molecule has 0 radical (unpaired) electrons. The Labute approximate surface area is 128 Å². The fourth-order valence-corrected chi connectivity index (χ4v) is 5.02. The van der Waals surface area contributed by atoms with Gasteiger partial charge < -0.3 is 0 Å². The van der Waals surface area contributed by atoms with Crippen LogP contribution in [-0.4, -0.2) is 25.3 Å². The Morgan fingerprint density at radius 2 is 1.95 bits per heavy atom. The highest BCUT2D eigenvalue weighted by molar-refractivity contribution is 9.10. The SMILES string of the molecule is CC1CC(C)C(C)N(S(=O)(=O)c2ccc(Br)cc2F)C1. The highest BCUT2D eigenvalue weighted by Gasteiger charge is 2.38. The molecule has 1 aromatic rings. The van der Waals surface area contributed by atoms with E-state index in [0.717, 1.165) is 6.42 Å². The number of rotatable bonds is 2. The van der Waals surface area contributed by atoms with Crippen molar-refractivity contribution in [3.8, 4) is 0 Å².